The molecule has 0 aliphatic carbocycles. The topological polar surface area (TPSA) is 26.3 Å². The molecule has 21 heavy (non-hydrogen) atoms. The Morgan fingerprint density at radius 2 is 1.62 bits per heavy atom. The molecule has 110 valence electrons. The zero-order valence-corrected chi connectivity index (χ0v) is 12.5. The van der Waals surface area contributed by atoms with Gasteiger partial charge in [-0.25, -0.2) is 0 Å². The van der Waals surface area contributed by atoms with E-state index in [2.05, 4.69) is 12.1 Å². The Hall–Kier alpha value is -2.09. The Balaban J connectivity index is 1.78. The summed E-state index contributed by atoms with van der Waals surface area (Å²) in [5.41, 5.74) is 2.33. The summed E-state index contributed by atoms with van der Waals surface area (Å²) in [7, 11) is 0. The Bertz CT molecular complexity index is 534. The van der Waals surface area contributed by atoms with Crippen LogP contribution in [-0.2, 0) is 16.0 Å². The normalized spacial score (nSPS) is 11.9. The number of benzene rings is 2. The molecule has 2 aromatic carbocycles. The number of rotatable bonds is 7. The number of ether oxygens (including phenoxy) is 1. The van der Waals surface area contributed by atoms with Crippen LogP contribution in [-0.4, -0.2) is 5.97 Å². The van der Waals surface area contributed by atoms with Gasteiger partial charge >= 0.3 is 5.97 Å². The van der Waals surface area contributed by atoms with Gasteiger partial charge in [0.15, 0.2) is 0 Å². The number of carbonyl (C=O) groups is 1. The first kappa shape index (κ1) is 15.3. The van der Waals surface area contributed by atoms with Crippen molar-refractivity contribution in [3.05, 3.63) is 71.8 Å². The van der Waals surface area contributed by atoms with E-state index in [0.29, 0.717) is 6.42 Å². The molecule has 0 aliphatic heterocycles. The van der Waals surface area contributed by atoms with Crippen molar-refractivity contribution < 1.29 is 9.53 Å². The molecule has 0 aliphatic rings. The highest BCUT2D eigenvalue weighted by molar-refractivity contribution is 5.69. The number of aryl methyl sites for hydroxylation is 1. The van der Waals surface area contributed by atoms with E-state index in [1.807, 2.05) is 55.5 Å². The lowest BCUT2D eigenvalue weighted by Crippen LogP contribution is -2.11. The minimum atomic E-state index is -0.129. The molecular formula is C19H22O2. The van der Waals surface area contributed by atoms with Gasteiger partial charge in [-0.05, 0) is 30.4 Å². The number of esters is 1. The van der Waals surface area contributed by atoms with Crippen LogP contribution in [0.5, 0.6) is 0 Å². The van der Waals surface area contributed by atoms with E-state index in [1.165, 1.54) is 5.56 Å². The third-order valence-corrected chi connectivity index (χ3v) is 3.51. The number of hydrogen-bond acceptors (Lipinski definition) is 2. The fraction of sp³-hybridized carbons (Fsp3) is 0.316. The molecule has 2 rings (SSSR count). The molecule has 0 bridgehead atoms. The molecule has 0 saturated heterocycles. The van der Waals surface area contributed by atoms with Crippen molar-refractivity contribution in [2.45, 2.75) is 38.7 Å². The van der Waals surface area contributed by atoms with Crippen LogP contribution < -0.4 is 0 Å². The third kappa shape index (κ3) is 5.07. The SMILES string of the molecule is CC[C@@H](OC(=O)CCCc1ccccc1)c1ccccc1. The smallest absolute Gasteiger partial charge is 0.306 e. The van der Waals surface area contributed by atoms with Crippen LogP contribution in [0.4, 0.5) is 0 Å². The first-order valence-electron chi connectivity index (χ1n) is 7.58. The molecule has 0 heterocycles. The van der Waals surface area contributed by atoms with Gasteiger partial charge in [0.25, 0.3) is 0 Å². The van der Waals surface area contributed by atoms with E-state index in [-0.39, 0.29) is 12.1 Å². The largest absolute Gasteiger partial charge is 0.457 e. The maximum atomic E-state index is 12.0. The maximum Gasteiger partial charge on any atom is 0.306 e. The monoisotopic (exact) mass is 282 g/mol. The van der Waals surface area contributed by atoms with E-state index in [9.17, 15) is 4.79 Å². The van der Waals surface area contributed by atoms with E-state index < -0.39 is 0 Å². The van der Waals surface area contributed by atoms with Crippen LogP contribution >= 0.6 is 0 Å². The minimum absolute atomic E-state index is 0.110. The molecule has 2 nitrogen and oxygen atoms in total. The molecular weight excluding hydrogens is 260 g/mol. The van der Waals surface area contributed by atoms with Gasteiger partial charge in [-0.3, -0.25) is 4.79 Å². The summed E-state index contributed by atoms with van der Waals surface area (Å²) in [6, 6.07) is 20.2. The summed E-state index contributed by atoms with van der Waals surface area (Å²) < 4.78 is 5.58. The number of hydrogen-bond donors (Lipinski definition) is 0. The maximum absolute atomic E-state index is 12.0. The molecule has 0 spiro atoms. The molecule has 0 unspecified atom stereocenters. The Morgan fingerprint density at radius 3 is 2.24 bits per heavy atom. The lowest BCUT2D eigenvalue weighted by molar-refractivity contribution is -0.149. The van der Waals surface area contributed by atoms with Crippen molar-refractivity contribution >= 4 is 5.97 Å². The first-order valence-corrected chi connectivity index (χ1v) is 7.58. The quantitative estimate of drug-likeness (QED) is 0.688. The average molecular weight is 282 g/mol. The molecule has 1 atom stereocenters. The Labute approximate surface area is 126 Å². The van der Waals surface area contributed by atoms with Crippen LogP contribution in [0.3, 0.4) is 0 Å². The fourth-order valence-corrected chi connectivity index (χ4v) is 2.35. The first-order chi connectivity index (χ1) is 10.3. The lowest BCUT2D eigenvalue weighted by atomic mass is 10.1. The second-order valence-electron chi connectivity index (χ2n) is 5.14. The number of carbonyl (C=O) groups excluding carboxylic acids is 1. The van der Waals surface area contributed by atoms with E-state index in [1.54, 1.807) is 0 Å². The Kier molecular flexibility index (Phi) is 6.01. The van der Waals surface area contributed by atoms with Crippen LogP contribution in [0.1, 0.15) is 43.4 Å². The van der Waals surface area contributed by atoms with Crippen LogP contribution in [0.15, 0.2) is 60.7 Å². The van der Waals surface area contributed by atoms with Gasteiger partial charge in [0.05, 0.1) is 0 Å². The molecule has 0 fully saturated rings. The fourth-order valence-electron chi connectivity index (χ4n) is 2.35. The van der Waals surface area contributed by atoms with E-state index >= 15 is 0 Å². The van der Waals surface area contributed by atoms with Crippen molar-refractivity contribution in [3.63, 3.8) is 0 Å². The molecule has 2 heteroatoms. The van der Waals surface area contributed by atoms with Crippen molar-refractivity contribution in [1.82, 2.24) is 0 Å². The predicted molar refractivity (Wildman–Crippen MR) is 84.9 cm³/mol. The predicted octanol–water partition coefficient (Wildman–Crippen LogP) is 4.70. The van der Waals surface area contributed by atoms with Gasteiger partial charge in [-0.2, -0.15) is 0 Å². The van der Waals surface area contributed by atoms with E-state index in [4.69, 9.17) is 4.74 Å². The third-order valence-electron chi connectivity index (χ3n) is 3.51. The summed E-state index contributed by atoms with van der Waals surface area (Å²) in [5.74, 6) is -0.110. The van der Waals surface area contributed by atoms with Crippen LogP contribution in [0, 0.1) is 0 Å². The van der Waals surface area contributed by atoms with Gasteiger partial charge < -0.3 is 4.74 Å². The van der Waals surface area contributed by atoms with Gasteiger partial charge in [0.2, 0.25) is 0 Å². The molecule has 0 amide bonds. The lowest BCUT2D eigenvalue weighted by Gasteiger charge is -2.16. The van der Waals surface area contributed by atoms with Gasteiger partial charge in [-0.1, -0.05) is 67.6 Å². The summed E-state index contributed by atoms with van der Waals surface area (Å²) in [4.78, 5) is 12.0. The Morgan fingerprint density at radius 1 is 1.00 bits per heavy atom. The molecule has 0 N–H and O–H groups in total. The highest BCUT2D eigenvalue weighted by atomic mass is 16.5. The van der Waals surface area contributed by atoms with Crippen molar-refractivity contribution in [3.8, 4) is 0 Å². The molecule has 0 radical (unpaired) electrons. The second-order valence-corrected chi connectivity index (χ2v) is 5.14. The standard InChI is InChI=1S/C19H22O2/c1-2-18(17-13-7-4-8-14-17)21-19(20)15-9-12-16-10-5-3-6-11-16/h3-8,10-11,13-14,18H,2,9,12,15H2,1H3/t18-/m1/s1. The van der Waals surface area contributed by atoms with Gasteiger partial charge in [0, 0.05) is 6.42 Å². The van der Waals surface area contributed by atoms with Crippen molar-refractivity contribution in [1.29, 1.82) is 0 Å². The zero-order chi connectivity index (χ0) is 14.9. The van der Waals surface area contributed by atoms with Crippen molar-refractivity contribution in [2.75, 3.05) is 0 Å². The summed E-state index contributed by atoms with van der Waals surface area (Å²) >= 11 is 0. The highest BCUT2D eigenvalue weighted by Crippen LogP contribution is 2.21. The van der Waals surface area contributed by atoms with Crippen molar-refractivity contribution in [2.24, 2.45) is 0 Å². The molecule has 2 aromatic rings. The average Bonchev–Trinajstić information content (AvgIpc) is 2.54. The van der Waals surface area contributed by atoms with Gasteiger partial charge in [-0.15, -0.1) is 0 Å². The molecule has 0 aromatic heterocycles. The van der Waals surface area contributed by atoms with E-state index in [0.717, 1.165) is 24.8 Å². The van der Waals surface area contributed by atoms with Crippen LogP contribution in [0.25, 0.3) is 0 Å². The second kappa shape index (κ2) is 8.25. The van der Waals surface area contributed by atoms with Gasteiger partial charge in [0.1, 0.15) is 6.10 Å². The summed E-state index contributed by atoms with van der Waals surface area (Å²) in [6.07, 6.45) is 2.88. The molecule has 0 saturated carbocycles. The zero-order valence-electron chi connectivity index (χ0n) is 12.5. The summed E-state index contributed by atoms with van der Waals surface area (Å²) in [6.45, 7) is 2.04. The highest BCUT2D eigenvalue weighted by Gasteiger charge is 2.14. The summed E-state index contributed by atoms with van der Waals surface area (Å²) in [5, 5.41) is 0. The van der Waals surface area contributed by atoms with Crippen LogP contribution in [0.2, 0.25) is 0 Å². The minimum Gasteiger partial charge on any atom is -0.457 e.